The van der Waals surface area contributed by atoms with Gasteiger partial charge in [-0.2, -0.15) is 0 Å². The lowest BCUT2D eigenvalue weighted by atomic mass is 9.92. The molecule has 0 amide bonds. The van der Waals surface area contributed by atoms with Crippen LogP contribution < -0.4 is 5.32 Å². The molecule has 1 saturated carbocycles. The first kappa shape index (κ1) is 12.9. The molecule has 0 bridgehead atoms. The lowest BCUT2D eigenvalue weighted by molar-refractivity contribution is 0.0696. The highest BCUT2D eigenvalue weighted by Gasteiger charge is 2.44. The van der Waals surface area contributed by atoms with Crippen molar-refractivity contribution in [3.05, 3.63) is 29.6 Å². The van der Waals surface area contributed by atoms with Gasteiger partial charge in [0, 0.05) is 6.54 Å². The first-order valence-corrected chi connectivity index (χ1v) is 6.21. The Labute approximate surface area is 106 Å². The minimum Gasteiger partial charge on any atom is -0.478 e. The van der Waals surface area contributed by atoms with Crippen LogP contribution in [0.1, 0.15) is 37.0 Å². The van der Waals surface area contributed by atoms with Gasteiger partial charge in [0.15, 0.2) is 0 Å². The second kappa shape index (κ2) is 4.59. The summed E-state index contributed by atoms with van der Waals surface area (Å²) in [6.07, 6.45) is 2.35. The molecule has 1 aromatic rings. The van der Waals surface area contributed by atoms with Gasteiger partial charge in [0.2, 0.25) is 0 Å². The predicted octanol–water partition coefficient (Wildman–Crippen LogP) is 3.37. The van der Waals surface area contributed by atoms with Gasteiger partial charge in [-0.05, 0) is 42.4 Å². The SMILES string of the molecule is CC(C)C1(CNc2ccc(C(=O)O)cc2F)CC1. The molecular weight excluding hydrogens is 233 g/mol. The molecule has 2 N–H and O–H groups in total. The van der Waals surface area contributed by atoms with E-state index in [2.05, 4.69) is 19.2 Å². The van der Waals surface area contributed by atoms with Crippen molar-refractivity contribution in [2.75, 3.05) is 11.9 Å². The molecule has 0 aliphatic heterocycles. The second-order valence-corrected chi connectivity index (χ2v) is 5.37. The topological polar surface area (TPSA) is 49.3 Å². The third kappa shape index (κ3) is 2.47. The van der Waals surface area contributed by atoms with E-state index in [1.54, 1.807) is 0 Å². The van der Waals surface area contributed by atoms with E-state index < -0.39 is 11.8 Å². The molecule has 4 heteroatoms. The Morgan fingerprint density at radius 1 is 1.50 bits per heavy atom. The average molecular weight is 251 g/mol. The lowest BCUT2D eigenvalue weighted by Crippen LogP contribution is -2.21. The number of anilines is 1. The molecule has 98 valence electrons. The van der Waals surface area contributed by atoms with Gasteiger partial charge in [-0.1, -0.05) is 13.8 Å². The van der Waals surface area contributed by atoms with Crippen LogP contribution in [0.5, 0.6) is 0 Å². The number of carbonyl (C=O) groups is 1. The summed E-state index contributed by atoms with van der Waals surface area (Å²) in [6.45, 7) is 5.10. The summed E-state index contributed by atoms with van der Waals surface area (Å²) in [7, 11) is 0. The summed E-state index contributed by atoms with van der Waals surface area (Å²) in [5, 5.41) is 11.9. The summed E-state index contributed by atoms with van der Waals surface area (Å²) < 4.78 is 13.7. The van der Waals surface area contributed by atoms with E-state index in [-0.39, 0.29) is 11.0 Å². The van der Waals surface area contributed by atoms with Gasteiger partial charge in [0.1, 0.15) is 5.82 Å². The Hall–Kier alpha value is -1.58. The zero-order chi connectivity index (χ0) is 13.3. The Bertz CT molecular complexity index is 467. The monoisotopic (exact) mass is 251 g/mol. The van der Waals surface area contributed by atoms with Gasteiger partial charge in [0.25, 0.3) is 0 Å². The molecule has 3 nitrogen and oxygen atoms in total. The quantitative estimate of drug-likeness (QED) is 0.843. The second-order valence-electron chi connectivity index (χ2n) is 5.37. The van der Waals surface area contributed by atoms with Crippen LogP contribution in [0.25, 0.3) is 0 Å². The zero-order valence-corrected chi connectivity index (χ0v) is 10.7. The van der Waals surface area contributed by atoms with Crippen LogP contribution in [0.15, 0.2) is 18.2 Å². The maximum Gasteiger partial charge on any atom is 0.335 e. The highest BCUT2D eigenvalue weighted by atomic mass is 19.1. The maximum absolute atomic E-state index is 13.7. The summed E-state index contributed by atoms with van der Waals surface area (Å²) in [5.74, 6) is -1.04. The fourth-order valence-electron chi connectivity index (χ4n) is 2.18. The van der Waals surface area contributed by atoms with Crippen LogP contribution in [0.2, 0.25) is 0 Å². The Kier molecular flexibility index (Phi) is 3.28. The standard InChI is InChI=1S/C14H18FNO2/c1-9(2)14(5-6-14)8-16-12-4-3-10(13(17)18)7-11(12)15/h3-4,7,9,16H,5-6,8H2,1-2H3,(H,17,18). The van der Waals surface area contributed by atoms with Gasteiger partial charge in [-0.15, -0.1) is 0 Å². The fraction of sp³-hybridized carbons (Fsp3) is 0.500. The van der Waals surface area contributed by atoms with Crippen LogP contribution >= 0.6 is 0 Å². The van der Waals surface area contributed by atoms with E-state index in [1.807, 2.05) is 0 Å². The van der Waals surface area contributed by atoms with E-state index in [9.17, 15) is 9.18 Å². The Morgan fingerprint density at radius 2 is 2.17 bits per heavy atom. The molecule has 1 aliphatic carbocycles. The third-order valence-corrected chi connectivity index (χ3v) is 3.96. The fourth-order valence-corrected chi connectivity index (χ4v) is 2.18. The van der Waals surface area contributed by atoms with Crippen LogP contribution in [0.4, 0.5) is 10.1 Å². The zero-order valence-electron chi connectivity index (χ0n) is 10.7. The normalized spacial score (nSPS) is 16.7. The van der Waals surface area contributed by atoms with Crippen LogP contribution in [-0.2, 0) is 0 Å². The largest absolute Gasteiger partial charge is 0.478 e. The van der Waals surface area contributed by atoms with E-state index in [1.165, 1.54) is 25.0 Å². The van der Waals surface area contributed by atoms with Crippen molar-refractivity contribution in [2.24, 2.45) is 11.3 Å². The van der Waals surface area contributed by atoms with E-state index in [0.29, 0.717) is 11.6 Å². The van der Waals surface area contributed by atoms with Gasteiger partial charge in [0.05, 0.1) is 11.3 Å². The number of nitrogens with one attached hydrogen (secondary N) is 1. The molecule has 18 heavy (non-hydrogen) atoms. The number of hydrogen-bond acceptors (Lipinski definition) is 2. The van der Waals surface area contributed by atoms with Crippen molar-refractivity contribution in [2.45, 2.75) is 26.7 Å². The molecule has 0 radical (unpaired) electrons. The van der Waals surface area contributed by atoms with Gasteiger partial charge in [-0.3, -0.25) is 0 Å². The van der Waals surface area contributed by atoms with Crippen molar-refractivity contribution >= 4 is 11.7 Å². The first-order chi connectivity index (χ1) is 8.44. The highest BCUT2D eigenvalue weighted by molar-refractivity contribution is 5.88. The van der Waals surface area contributed by atoms with E-state index in [4.69, 9.17) is 5.11 Å². The van der Waals surface area contributed by atoms with Crippen LogP contribution in [0.3, 0.4) is 0 Å². The molecule has 2 rings (SSSR count). The first-order valence-electron chi connectivity index (χ1n) is 6.21. The maximum atomic E-state index is 13.7. The molecule has 0 saturated heterocycles. The van der Waals surface area contributed by atoms with Crippen molar-refractivity contribution in [1.82, 2.24) is 0 Å². The number of carboxylic acid groups (broad SMARTS) is 1. The minimum atomic E-state index is -1.11. The summed E-state index contributed by atoms with van der Waals surface area (Å²) >= 11 is 0. The van der Waals surface area contributed by atoms with Gasteiger partial charge >= 0.3 is 5.97 Å². The molecule has 1 aromatic carbocycles. The summed E-state index contributed by atoms with van der Waals surface area (Å²) in [6, 6.07) is 3.97. The molecule has 1 fully saturated rings. The summed E-state index contributed by atoms with van der Waals surface area (Å²) in [5.41, 5.74) is 0.646. The third-order valence-electron chi connectivity index (χ3n) is 3.96. The van der Waals surface area contributed by atoms with Gasteiger partial charge in [-0.25, -0.2) is 9.18 Å². The van der Waals surface area contributed by atoms with Crippen molar-refractivity contribution in [3.8, 4) is 0 Å². The van der Waals surface area contributed by atoms with Crippen molar-refractivity contribution in [3.63, 3.8) is 0 Å². The Morgan fingerprint density at radius 3 is 2.61 bits per heavy atom. The molecule has 0 spiro atoms. The molecule has 1 aliphatic rings. The van der Waals surface area contributed by atoms with Crippen LogP contribution in [-0.4, -0.2) is 17.6 Å². The highest BCUT2D eigenvalue weighted by Crippen LogP contribution is 2.51. The number of rotatable bonds is 5. The molecule has 0 heterocycles. The summed E-state index contributed by atoms with van der Waals surface area (Å²) in [4.78, 5) is 10.7. The molecule has 0 unspecified atom stereocenters. The smallest absolute Gasteiger partial charge is 0.335 e. The van der Waals surface area contributed by atoms with E-state index >= 15 is 0 Å². The lowest BCUT2D eigenvalue weighted by Gasteiger charge is -2.21. The van der Waals surface area contributed by atoms with E-state index in [0.717, 1.165) is 12.6 Å². The number of hydrogen-bond donors (Lipinski definition) is 2. The van der Waals surface area contributed by atoms with Crippen molar-refractivity contribution < 1.29 is 14.3 Å². The predicted molar refractivity (Wildman–Crippen MR) is 68.4 cm³/mol. The molecule has 0 atom stereocenters. The minimum absolute atomic E-state index is 0.0250. The van der Waals surface area contributed by atoms with Gasteiger partial charge < -0.3 is 10.4 Å². The average Bonchev–Trinajstić information content (AvgIpc) is 3.08. The number of aromatic carboxylic acids is 1. The van der Waals surface area contributed by atoms with Crippen LogP contribution in [0, 0.1) is 17.2 Å². The van der Waals surface area contributed by atoms with Crippen molar-refractivity contribution in [1.29, 1.82) is 0 Å². The Balaban J connectivity index is 2.04. The molecule has 0 aromatic heterocycles. The molecular formula is C14H18FNO2. The number of carboxylic acids is 1. The number of benzene rings is 1. The number of halogens is 1.